The number of halogens is 3. The Morgan fingerprint density at radius 2 is 1.81 bits per heavy atom. The van der Waals surface area contributed by atoms with Gasteiger partial charge in [0.05, 0.1) is 5.92 Å². The number of rotatable bonds is 3. The Balaban J connectivity index is 2.04. The molecule has 0 radical (unpaired) electrons. The molecule has 140 valence electrons. The first kappa shape index (κ1) is 19.0. The van der Waals surface area contributed by atoms with Gasteiger partial charge in [-0.1, -0.05) is 18.2 Å². The minimum absolute atomic E-state index is 0.000325. The maximum atomic E-state index is 12.5. The SMILES string of the molecule is CN(C)c1ccc2c(c1)OC(N)=C(C#N)C2c1ccc(SC(F)(F)F)cc1. The van der Waals surface area contributed by atoms with E-state index >= 15 is 0 Å². The molecule has 0 bridgehead atoms. The van der Waals surface area contributed by atoms with Gasteiger partial charge in [0, 0.05) is 36.3 Å². The second kappa shape index (κ2) is 7.08. The van der Waals surface area contributed by atoms with Crippen molar-refractivity contribution >= 4 is 17.4 Å². The van der Waals surface area contributed by atoms with Crippen LogP contribution >= 0.6 is 11.8 Å². The minimum atomic E-state index is -4.35. The lowest BCUT2D eigenvalue weighted by atomic mass is 9.83. The molecule has 1 aliphatic rings. The number of alkyl halides is 3. The van der Waals surface area contributed by atoms with Crippen molar-refractivity contribution in [3.05, 3.63) is 65.0 Å². The first-order valence-corrected chi connectivity index (χ1v) is 8.76. The fourth-order valence-electron chi connectivity index (χ4n) is 2.93. The summed E-state index contributed by atoms with van der Waals surface area (Å²) >= 11 is -0.178. The topological polar surface area (TPSA) is 62.3 Å². The van der Waals surface area contributed by atoms with Crippen LogP contribution in [0.3, 0.4) is 0 Å². The van der Waals surface area contributed by atoms with Gasteiger partial charge in [0.2, 0.25) is 5.88 Å². The summed E-state index contributed by atoms with van der Waals surface area (Å²) in [5.41, 5.74) is 4.13. The Bertz CT molecular complexity index is 931. The summed E-state index contributed by atoms with van der Waals surface area (Å²) in [5.74, 6) is 0.0241. The zero-order valence-electron chi connectivity index (χ0n) is 14.5. The fraction of sp³-hybridized carbons (Fsp3) is 0.211. The molecule has 8 heteroatoms. The van der Waals surface area contributed by atoms with Gasteiger partial charge in [-0.3, -0.25) is 0 Å². The summed E-state index contributed by atoms with van der Waals surface area (Å²) in [7, 11) is 3.78. The highest BCUT2D eigenvalue weighted by molar-refractivity contribution is 8.00. The molecule has 1 unspecified atom stereocenters. The van der Waals surface area contributed by atoms with Crippen LogP contribution in [0, 0.1) is 11.3 Å². The summed E-state index contributed by atoms with van der Waals surface area (Å²) < 4.78 is 43.2. The van der Waals surface area contributed by atoms with Crippen molar-refractivity contribution in [2.24, 2.45) is 5.73 Å². The third-order valence-electron chi connectivity index (χ3n) is 4.17. The molecule has 2 aromatic rings. The number of thioether (sulfide) groups is 1. The normalized spacial score (nSPS) is 16.4. The lowest BCUT2D eigenvalue weighted by molar-refractivity contribution is -0.0328. The molecule has 1 atom stereocenters. The molecule has 1 heterocycles. The van der Waals surface area contributed by atoms with Crippen LogP contribution < -0.4 is 15.4 Å². The van der Waals surface area contributed by atoms with Crippen molar-refractivity contribution in [3.8, 4) is 11.8 Å². The molecule has 0 fully saturated rings. The minimum Gasteiger partial charge on any atom is -0.440 e. The van der Waals surface area contributed by atoms with Crippen molar-refractivity contribution in [2.75, 3.05) is 19.0 Å². The molecule has 0 saturated heterocycles. The highest BCUT2D eigenvalue weighted by Gasteiger charge is 2.32. The van der Waals surface area contributed by atoms with E-state index in [4.69, 9.17) is 10.5 Å². The second-order valence-electron chi connectivity index (χ2n) is 6.16. The molecular weight excluding hydrogens is 375 g/mol. The molecule has 0 spiro atoms. The van der Waals surface area contributed by atoms with Crippen LogP contribution in [-0.4, -0.2) is 19.6 Å². The lowest BCUT2D eigenvalue weighted by Gasteiger charge is -2.27. The highest BCUT2D eigenvalue weighted by Crippen LogP contribution is 2.44. The van der Waals surface area contributed by atoms with Crippen LogP contribution in [0.25, 0.3) is 0 Å². The van der Waals surface area contributed by atoms with Crippen molar-refractivity contribution in [3.63, 3.8) is 0 Å². The van der Waals surface area contributed by atoms with Gasteiger partial charge in [0.15, 0.2) is 0 Å². The smallest absolute Gasteiger partial charge is 0.440 e. The number of benzene rings is 2. The van der Waals surface area contributed by atoms with Gasteiger partial charge in [-0.05, 0) is 35.5 Å². The molecule has 3 rings (SSSR count). The number of hydrogen-bond acceptors (Lipinski definition) is 5. The van der Waals surface area contributed by atoms with E-state index in [1.807, 2.05) is 37.2 Å². The molecular formula is C19H16F3N3OS. The number of fused-ring (bicyclic) bond motifs is 1. The van der Waals surface area contributed by atoms with E-state index in [0.29, 0.717) is 11.3 Å². The van der Waals surface area contributed by atoms with E-state index in [2.05, 4.69) is 6.07 Å². The molecule has 4 nitrogen and oxygen atoms in total. The van der Waals surface area contributed by atoms with Gasteiger partial charge < -0.3 is 15.4 Å². The number of nitriles is 1. The van der Waals surface area contributed by atoms with E-state index in [9.17, 15) is 18.4 Å². The largest absolute Gasteiger partial charge is 0.446 e. The van der Waals surface area contributed by atoms with Crippen LogP contribution in [-0.2, 0) is 0 Å². The summed E-state index contributed by atoms with van der Waals surface area (Å²) in [6.07, 6.45) is 0. The molecule has 2 N–H and O–H groups in total. The summed E-state index contributed by atoms with van der Waals surface area (Å²) in [5, 5.41) is 9.54. The quantitative estimate of drug-likeness (QED) is 0.776. The van der Waals surface area contributed by atoms with Gasteiger partial charge in [0.1, 0.15) is 17.4 Å². The summed E-state index contributed by atoms with van der Waals surface area (Å²) in [6.45, 7) is 0. The van der Waals surface area contributed by atoms with Crippen molar-refractivity contribution in [2.45, 2.75) is 16.3 Å². The van der Waals surface area contributed by atoms with Gasteiger partial charge >= 0.3 is 5.51 Å². The Morgan fingerprint density at radius 1 is 1.15 bits per heavy atom. The average Bonchev–Trinajstić information content (AvgIpc) is 2.59. The van der Waals surface area contributed by atoms with Crippen molar-refractivity contribution in [1.29, 1.82) is 5.26 Å². The first-order chi connectivity index (χ1) is 12.7. The number of nitrogens with zero attached hydrogens (tertiary/aromatic N) is 2. The molecule has 2 aromatic carbocycles. The Hall–Kier alpha value is -2.79. The van der Waals surface area contributed by atoms with E-state index in [1.165, 1.54) is 12.1 Å². The van der Waals surface area contributed by atoms with Crippen LogP contribution in [0.5, 0.6) is 5.75 Å². The maximum Gasteiger partial charge on any atom is 0.446 e. The number of ether oxygens (including phenoxy) is 1. The van der Waals surface area contributed by atoms with E-state index in [1.54, 1.807) is 12.1 Å². The molecule has 0 aliphatic carbocycles. The number of nitrogens with two attached hydrogens (primary N) is 1. The standard InChI is InChI=1S/C19H16F3N3OS/c1-25(2)12-5-8-14-16(9-12)26-18(24)15(10-23)17(14)11-3-6-13(7-4-11)27-19(20,21)22/h3-9,17H,24H2,1-2H3. The van der Waals surface area contributed by atoms with E-state index in [-0.39, 0.29) is 28.1 Å². The van der Waals surface area contributed by atoms with Gasteiger partial charge in [-0.2, -0.15) is 18.4 Å². The molecule has 27 heavy (non-hydrogen) atoms. The zero-order valence-corrected chi connectivity index (χ0v) is 15.4. The second-order valence-corrected chi connectivity index (χ2v) is 7.30. The van der Waals surface area contributed by atoms with Crippen LogP contribution in [0.2, 0.25) is 0 Å². The van der Waals surface area contributed by atoms with Crippen LogP contribution in [0.4, 0.5) is 18.9 Å². The first-order valence-electron chi connectivity index (χ1n) is 7.94. The van der Waals surface area contributed by atoms with Gasteiger partial charge in [0.25, 0.3) is 0 Å². The van der Waals surface area contributed by atoms with E-state index in [0.717, 1.165) is 11.3 Å². The summed E-state index contributed by atoms with van der Waals surface area (Å²) in [6, 6.07) is 13.6. The van der Waals surface area contributed by atoms with Gasteiger partial charge in [-0.15, -0.1) is 0 Å². The van der Waals surface area contributed by atoms with Crippen molar-refractivity contribution in [1.82, 2.24) is 0 Å². The predicted octanol–water partition coefficient (Wildman–Crippen LogP) is 4.58. The number of anilines is 1. The average molecular weight is 391 g/mol. The maximum absolute atomic E-state index is 12.5. The van der Waals surface area contributed by atoms with E-state index < -0.39 is 11.4 Å². The molecule has 0 aromatic heterocycles. The monoisotopic (exact) mass is 391 g/mol. The van der Waals surface area contributed by atoms with Crippen LogP contribution in [0.1, 0.15) is 17.0 Å². The lowest BCUT2D eigenvalue weighted by Crippen LogP contribution is -2.21. The third-order valence-corrected chi connectivity index (χ3v) is 4.91. The summed E-state index contributed by atoms with van der Waals surface area (Å²) in [4.78, 5) is 1.98. The highest BCUT2D eigenvalue weighted by atomic mass is 32.2. The fourth-order valence-corrected chi connectivity index (χ4v) is 3.47. The van der Waals surface area contributed by atoms with Gasteiger partial charge in [-0.25, -0.2) is 0 Å². The third kappa shape index (κ3) is 3.98. The zero-order chi connectivity index (χ0) is 19.8. The predicted molar refractivity (Wildman–Crippen MR) is 98.4 cm³/mol. The molecule has 0 amide bonds. The van der Waals surface area contributed by atoms with Crippen LogP contribution in [0.15, 0.2) is 58.8 Å². The van der Waals surface area contributed by atoms with Crippen molar-refractivity contribution < 1.29 is 17.9 Å². The molecule has 0 saturated carbocycles. The number of allylic oxidation sites excluding steroid dienone is 1. The number of hydrogen-bond donors (Lipinski definition) is 1. The Labute approximate surface area is 159 Å². The molecule has 1 aliphatic heterocycles. The Kier molecular flexibility index (Phi) is 4.98. The Morgan fingerprint density at radius 3 is 2.37 bits per heavy atom.